The zero-order valence-corrected chi connectivity index (χ0v) is 24.5. The SMILES string of the molecule is CCCC1Cc2nn(C)cc2-c2c3c(c4c5cc(NC6=NC(C)CC=N6)ccc5n(CC(C)C)c4c21)CN(N)C3=O. The van der Waals surface area contributed by atoms with Crippen LogP contribution in [0.15, 0.2) is 34.4 Å². The van der Waals surface area contributed by atoms with Crippen molar-refractivity contribution in [2.45, 2.75) is 78.4 Å². The molecule has 2 aliphatic heterocycles. The van der Waals surface area contributed by atoms with E-state index in [1.165, 1.54) is 21.6 Å². The Labute approximate surface area is 240 Å². The van der Waals surface area contributed by atoms with Gasteiger partial charge in [0.25, 0.3) is 5.91 Å². The summed E-state index contributed by atoms with van der Waals surface area (Å²) in [4.78, 5) is 23.0. The van der Waals surface area contributed by atoms with E-state index in [0.717, 1.165) is 76.6 Å². The number of guanidine groups is 1. The van der Waals surface area contributed by atoms with Crippen LogP contribution in [0.4, 0.5) is 5.69 Å². The summed E-state index contributed by atoms with van der Waals surface area (Å²) in [5.74, 6) is 7.62. The molecule has 2 aromatic heterocycles. The van der Waals surface area contributed by atoms with Gasteiger partial charge in [0.1, 0.15) is 0 Å². The Morgan fingerprint density at radius 3 is 2.80 bits per heavy atom. The molecule has 2 atom stereocenters. The van der Waals surface area contributed by atoms with Crippen molar-refractivity contribution in [2.24, 2.45) is 28.8 Å². The third-order valence-corrected chi connectivity index (χ3v) is 8.71. The van der Waals surface area contributed by atoms with Gasteiger partial charge in [0.05, 0.1) is 29.4 Å². The van der Waals surface area contributed by atoms with E-state index >= 15 is 0 Å². The summed E-state index contributed by atoms with van der Waals surface area (Å²) in [6, 6.07) is 6.73. The molecule has 0 saturated carbocycles. The number of hydrogen-bond acceptors (Lipinski definition) is 6. The lowest BCUT2D eigenvalue weighted by Gasteiger charge is -2.28. The van der Waals surface area contributed by atoms with Crippen LogP contribution < -0.4 is 11.2 Å². The van der Waals surface area contributed by atoms with Crippen molar-refractivity contribution in [1.29, 1.82) is 0 Å². The summed E-state index contributed by atoms with van der Waals surface area (Å²) < 4.78 is 4.39. The molecule has 1 aliphatic carbocycles. The molecule has 9 heteroatoms. The van der Waals surface area contributed by atoms with Crippen LogP contribution in [-0.4, -0.2) is 43.5 Å². The molecule has 4 heterocycles. The van der Waals surface area contributed by atoms with Gasteiger partial charge in [-0.15, -0.1) is 0 Å². The average Bonchev–Trinajstić information content (AvgIpc) is 3.54. The Balaban J connectivity index is 1.58. The van der Waals surface area contributed by atoms with E-state index in [1.807, 2.05) is 17.9 Å². The fourth-order valence-corrected chi connectivity index (χ4v) is 7.16. The van der Waals surface area contributed by atoms with Gasteiger partial charge < -0.3 is 9.88 Å². The molecule has 4 aromatic rings. The second-order valence-electron chi connectivity index (χ2n) is 12.4. The number of aryl methyl sites for hydroxylation is 1. The highest BCUT2D eigenvalue weighted by Crippen LogP contribution is 2.52. The van der Waals surface area contributed by atoms with Crippen LogP contribution in [0.5, 0.6) is 0 Å². The first-order chi connectivity index (χ1) is 19.7. The van der Waals surface area contributed by atoms with Gasteiger partial charge in [-0.1, -0.05) is 27.2 Å². The Hall–Kier alpha value is -3.98. The van der Waals surface area contributed by atoms with Gasteiger partial charge in [-0.25, -0.2) is 15.8 Å². The molecule has 0 radical (unpaired) electrons. The molecule has 0 fully saturated rings. The number of aromatic nitrogens is 3. The van der Waals surface area contributed by atoms with Crippen LogP contribution >= 0.6 is 0 Å². The summed E-state index contributed by atoms with van der Waals surface area (Å²) in [6.07, 6.45) is 7.82. The maximum Gasteiger partial charge on any atom is 0.269 e. The van der Waals surface area contributed by atoms with Crippen LogP contribution in [0.2, 0.25) is 0 Å². The van der Waals surface area contributed by atoms with E-state index in [9.17, 15) is 4.79 Å². The van der Waals surface area contributed by atoms with Gasteiger partial charge in [0, 0.05) is 65.5 Å². The highest BCUT2D eigenvalue weighted by Gasteiger charge is 2.40. The van der Waals surface area contributed by atoms with Crippen molar-refractivity contribution in [3.05, 3.63) is 46.8 Å². The Bertz CT molecular complexity index is 1790. The molecular formula is C32H38N8O. The van der Waals surface area contributed by atoms with Crippen LogP contribution in [0.25, 0.3) is 32.9 Å². The molecule has 0 spiro atoms. The lowest BCUT2D eigenvalue weighted by molar-refractivity contribution is 0.0779. The average molecular weight is 551 g/mol. The predicted octanol–water partition coefficient (Wildman–Crippen LogP) is 5.75. The monoisotopic (exact) mass is 550 g/mol. The minimum atomic E-state index is -0.107. The number of nitrogens with two attached hydrogens (primary N) is 1. The van der Waals surface area contributed by atoms with E-state index < -0.39 is 0 Å². The van der Waals surface area contributed by atoms with Crippen LogP contribution in [0, 0.1) is 5.92 Å². The van der Waals surface area contributed by atoms with Crippen molar-refractivity contribution < 1.29 is 4.79 Å². The first-order valence-corrected chi connectivity index (χ1v) is 14.9. The number of nitrogens with zero attached hydrogens (tertiary/aromatic N) is 6. The standard InChI is InChI=1S/C32H38N8O/c1-6-7-19-12-24-22(15-38(5)37-24)28-26(19)30-27(23-16-40(33)31(41)29(23)28)21-13-20(36-32-34-11-10-18(4)35-32)8-9-25(21)39(30)14-17(2)3/h8-9,11,13,15,17-19H,6-7,10,12,14,16,33H2,1-5H3,(H,35,36). The zero-order chi connectivity index (χ0) is 28.6. The first kappa shape index (κ1) is 26.0. The predicted molar refractivity (Wildman–Crippen MR) is 166 cm³/mol. The van der Waals surface area contributed by atoms with Crippen molar-refractivity contribution in [3.8, 4) is 11.1 Å². The smallest absolute Gasteiger partial charge is 0.269 e. The second kappa shape index (κ2) is 9.55. The Morgan fingerprint density at radius 1 is 1.22 bits per heavy atom. The third-order valence-electron chi connectivity index (χ3n) is 8.71. The molecule has 212 valence electrons. The molecule has 2 unspecified atom stereocenters. The number of rotatable bonds is 5. The van der Waals surface area contributed by atoms with E-state index in [0.29, 0.717) is 18.4 Å². The lowest BCUT2D eigenvalue weighted by Crippen LogP contribution is -2.31. The fraction of sp³-hybridized carbons (Fsp3) is 0.438. The molecule has 41 heavy (non-hydrogen) atoms. The van der Waals surface area contributed by atoms with Gasteiger partial charge in [0.2, 0.25) is 5.96 Å². The summed E-state index contributed by atoms with van der Waals surface area (Å²) in [6.45, 7) is 10.1. The zero-order valence-electron chi connectivity index (χ0n) is 24.5. The summed E-state index contributed by atoms with van der Waals surface area (Å²) in [7, 11) is 1.97. The number of nitrogens with one attached hydrogen (secondary N) is 1. The maximum absolute atomic E-state index is 13.8. The number of amides is 1. The number of anilines is 1. The van der Waals surface area contributed by atoms with Crippen LogP contribution in [0.1, 0.15) is 80.1 Å². The number of carbonyl (C=O) groups is 1. The molecule has 0 saturated heterocycles. The largest absolute Gasteiger partial charge is 0.340 e. The number of hydrogen-bond donors (Lipinski definition) is 2. The van der Waals surface area contributed by atoms with Gasteiger partial charge in [-0.3, -0.25) is 14.5 Å². The number of fused-ring (bicyclic) bond motifs is 10. The molecule has 9 nitrogen and oxygen atoms in total. The van der Waals surface area contributed by atoms with Crippen LogP contribution in [0.3, 0.4) is 0 Å². The van der Waals surface area contributed by atoms with Crippen molar-refractivity contribution >= 4 is 45.6 Å². The van der Waals surface area contributed by atoms with Crippen LogP contribution in [-0.2, 0) is 26.6 Å². The van der Waals surface area contributed by atoms with Crippen molar-refractivity contribution in [3.63, 3.8) is 0 Å². The summed E-state index contributed by atoms with van der Waals surface area (Å²) in [5.41, 5.74) is 9.60. The van der Waals surface area contributed by atoms with E-state index in [-0.39, 0.29) is 17.9 Å². The van der Waals surface area contributed by atoms with Gasteiger partial charge >= 0.3 is 0 Å². The number of hydrazine groups is 1. The normalized spacial score (nSPS) is 19.7. The fourth-order valence-electron chi connectivity index (χ4n) is 7.16. The van der Waals surface area contributed by atoms with Gasteiger partial charge in [-0.05, 0) is 60.9 Å². The molecule has 0 bridgehead atoms. The van der Waals surface area contributed by atoms with E-state index in [1.54, 1.807) is 0 Å². The number of aliphatic imine (C=N–C) groups is 2. The van der Waals surface area contributed by atoms with E-state index in [2.05, 4.69) is 72.0 Å². The minimum Gasteiger partial charge on any atom is -0.340 e. The van der Waals surface area contributed by atoms with Gasteiger partial charge in [0.15, 0.2) is 0 Å². The second-order valence-corrected chi connectivity index (χ2v) is 12.4. The molecule has 3 aliphatic rings. The van der Waals surface area contributed by atoms with Crippen molar-refractivity contribution in [1.82, 2.24) is 19.4 Å². The lowest BCUT2D eigenvalue weighted by atomic mass is 9.75. The highest BCUT2D eigenvalue weighted by molar-refractivity contribution is 6.20. The quantitative estimate of drug-likeness (QED) is 0.244. The Morgan fingerprint density at radius 2 is 2.05 bits per heavy atom. The van der Waals surface area contributed by atoms with Crippen molar-refractivity contribution in [2.75, 3.05) is 5.32 Å². The maximum atomic E-state index is 13.8. The first-order valence-electron chi connectivity index (χ1n) is 14.9. The minimum absolute atomic E-state index is 0.107. The summed E-state index contributed by atoms with van der Waals surface area (Å²) >= 11 is 0. The van der Waals surface area contributed by atoms with Gasteiger partial charge in [-0.2, -0.15) is 5.10 Å². The number of benzene rings is 2. The molecule has 1 amide bonds. The topological polar surface area (TPSA) is 106 Å². The molecule has 7 rings (SSSR count). The number of carbonyl (C=O) groups excluding carboxylic acids is 1. The molecule has 3 N–H and O–H groups in total. The third kappa shape index (κ3) is 4.01. The highest BCUT2D eigenvalue weighted by atomic mass is 16.2. The molecule has 2 aromatic carbocycles. The Kier molecular flexibility index (Phi) is 6.04. The summed E-state index contributed by atoms with van der Waals surface area (Å²) in [5, 5.41) is 11.9. The molecular weight excluding hydrogens is 512 g/mol. The van der Waals surface area contributed by atoms with E-state index in [4.69, 9.17) is 10.9 Å².